The number of hydrogen-bond donors (Lipinski definition) is 0. The van der Waals surface area contributed by atoms with Crippen LogP contribution in [0, 0.1) is 6.92 Å². The zero-order chi connectivity index (χ0) is 18.0. The minimum Gasteiger partial charge on any atom is -0.361 e. The highest BCUT2D eigenvalue weighted by molar-refractivity contribution is 7.22. The molecule has 0 bridgehead atoms. The fourth-order valence-corrected chi connectivity index (χ4v) is 3.74. The monoisotopic (exact) mass is 414 g/mol. The maximum absolute atomic E-state index is 12.9. The van der Waals surface area contributed by atoms with Gasteiger partial charge in [0.2, 0.25) is 0 Å². The standard InChI is InChI=1S/C17H19ClN4O2S.ClH/c1-11-10-13(20-24-11)16(23)22(9-5-8-21(2)3)17-19-15-12(18)6-4-7-14(15)25-17;/h4,6-7,10H,5,8-9H2,1-3H3;1H. The number of anilines is 1. The summed E-state index contributed by atoms with van der Waals surface area (Å²) in [5.41, 5.74) is 0.999. The van der Waals surface area contributed by atoms with E-state index in [1.165, 1.54) is 11.3 Å². The van der Waals surface area contributed by atoms with Gasteiger partial charge in [-0.2, -0.15) is 0 Å². The van der Waals surface area contributed by atoms with Crippen LogP contribution < -0.4 is 4.90 Å². The van der Waals surface area contributed by atoms with Gasteiger partial charge in [-0.15, -0.1) is 12.4 Å². The lowest BCUT2D eigenvalue weighted by Gasteiger charge is -2.19. The molecule has 3 rings (SSSR count). The molecule has 0 radical (unpaired) electrons. The second-order valence-corrected chi connectivity index (χ2v) is 7.44. The summed E-state index contributed by atoms with van der Waals surface area (Å²) in [5, 5.41) is 5.05. The van der Waals surface area contributed by atoms with Crippen LogP contribution in [0.2, 0.25) is 5.02 Å². The predicted molar refractivity (Wildman–Crippen MR) is 108 cm³/mol. The zero-order valence-electron chi connectivity index (χ0n) is 14.7. The molecule has 0 aliphatic rings. The van der Waals surface area contributed by atoms with E-state index in [1.807, 2.05) is 26.2 Å². The molecule has 9 heteroatoms. The minimum atomic E-state index is -0.217. The smallest absolute Gasteiger partial charge is 0.282 e. The van der Waals surface area contributed by atoms with Crippen LogP contribution >= 0.6 is 35.3 Å². The number of fused-ring (bicyclic) bond motifs is 1. The first-order valence-electron chi connectivity index (χ1n) is 7.90. The van der Waals surface area contributed by atoms with Gasteiger partial charge in [-0.3, -0.25) is 9.69 Å². The summed E-state index contributed by atoms with van der Waals surface area (Å²) in [7, 11) is 4.01. The van der Waals surface area contributed by atoms with Crippen molar-refractivity contribution in [2.45, 2.75) is 13.3 Å². The molecule has 26 heavy (non-hydrogen) atoms. The van der Waals surface area contributed by atoms with Gasteiger partial charge in [-0.25, -0.2) is 4.98 Å². The summed E-state index contributed by atoms with van der Waals surface area (Å²) in [5.74, 6) is 0.384. The molecule has 0 unspecified atom stereocenters. The van der Waals surface area contributed by atoms with Crippen molar-refractivity contribution in [2.75, 3.05) is 32.1 Å². The van der Waals surface area contributed by atoms with Crippen molar-refractivity contribution in [3.05, 3.63) is 40.7 Å². The third-order valence-electron chi connectivity index (χ3n) is 3.67. The first-order valence-corrected chi connectivity index (χ1v) is 9.10. The fourth-order valence-electron chi connectivity index (χ4n) is 2.45. The van der Waals surface area contributed by atoms with Crippen molar-refractivity contribution in [1.82, 2.24) is 15.0 Å². The Morgan fingerprint density at radius 3 is 2.69 bits per heavy atom. The van der Waals surface area contributed by atoms with E-state index >= 15 is 0 Å². The lowest BCUT2D eigenvalue weighted by molar-refractivity contribution is 0.0977. The van der Waals surface area contributed by atoms with E-state index in [-0.39, 0.29) is 24.0 Å². The first kappa shape index (κ1) is 20.6. The Kier molecular flexibility index (Phi) is 7.00. The van der Waals surface area contributed by atoms with Gasteiger partial charge in [0.1, 0.15) is 11.3 Å². The number of para-hydroxylation sites is 1. The molecule has 0 atom stereocenters. The van der Waals surface area contributed by atoms with E-state index in [2.05, 4.69) is 15.0 Å². The highest BCUT2D eigenvalue weighted by Gasteiger charge is 2.24. The van der Waals surface area contributed by atoms with E-state index in [0.29, 0.717) is 28.0 Å². The Balaban J connectivity index is 0.00000243. The highest BCUT2D eigenvalue weighted by Crippen LogP contribution is 2.33. The summed E-state index contributed by atoms with van der Waals surface area (Å²) in [6.45, 7) is 3.17. The van der Waals surface area contributed by atoms with Crippen LogP contribution in [0.5, 0.6) is 0 Å². The third-order valence-corrected chi connectivity index (χ3v) is 5.02. The molecule has 0 saturated heterocycles. The number of halogens is 2. The molecule has 0 spiro atoms. The Bertz CT molecular complexity index is 894. The van der Waals surface area contributed by atoms with Crippen LogP contribution in [0.15, 0.2) is 28.8 Å². The number of thiazole rings is 1. The largest absolute Gasteiger partial charge is 0.361 e. The number of nitrogens with zero attached hydrogens (tertiary/aromatic N) is 4. The molecular weight excluding hydrogens is 395 g/mol. The van der Waals surface area contributed by atoms with Gasteiger partial charge in [-0.05, 0) is 46.1 Å². The van der Waals surface area contributed by atoms with E-state index < -0.39 is 0 Å². The van der Waals surface area contributed by atoms with Crippen LogP contribution in [0.25, 0.3) is 10.2 Å². The lowest BCUT2D eigenvalue weighted by atomic mass is 10.3. The summed E-state index contributed by atoms with van der Waals surface area (Å²) in [6, 6.07) is 7.27. The van der Waals surface area contributed by atoms with Crippen LogP contribution in [0.1, 0.15) is 22.7 Å². The van der Waals surface area contributed by atoms with Gasteiger partial charge < -0.3 is 9.42 Å². The number of carbonyl (C=O) groups is 1. The predicted octanol–water partition coefficient (Wildman–Crippen LogP) is 4.27. The summed E-state index contributed by atoms with van der Waals surface area (Å²) >= 11 is 7.67. The maximum Gasteiger partial charge on any atom is 0.282 e. The quantitative estimate of drug-likeness (QED) is 0.602. The molecule has 0 saturated carbocycles. The van der Waals surface area contributed by atoms with E-state index in [9.17, 15) is 4.79 Å². The molecule has 3 aromatic rings. The van der Waals surface area contributed by atoms with Crippen LogP contribution in [0.3, 0.4) is 0 Å². The molecule has 140 valence electrons. The Hall–Kier alpha value is -1.67. The van der Waals surface area contributed by atoms with E-state index in [1.54, 1.807) is 24.0 Å². The molecule has 0 N–H and O–H groups in total. The highest BCUT2D eigenvalue weighted by atomic mass is 35.5. The molecule has 6 nitrogen and oxygen atoms in total. The number of carbonyl (C=O) groups excluding carboxylic acids is 1. The fraction of sp³-hybridized carbons (Fsp3) is 0.353. The summed E-state index contributed by atoms with van der Waals surface area (Å²) in [4.78, 5) is 21.2. The van der Waals surface area contributed by atoms with Crippen molar-refractivity contribution < 1.29 is 9.32 Å². The van der Waals surface area contributed by atoms with Gasteiger partial charge in [0, 0.05) is 12.6 Å². The Morgan fingerprint density at radius 2 is 2.08 bits per heavy atom. The number of aromatic nitrogens is 2. The normalized spacial score (nSPS) is 11.0. The van der Waals surface area contributed by atoms with Gasteiger partial charge in [0.25, 0.3) is 5.91 Å². The molecule has 1 amide bonds. The number of benzene rings is 1. The van der Waals surface area contributed by atoms with Crippen molar-refractivity contribution in [1.29, 1.82) is 0 Å². The van der Waals surface area contributed by atoms with Crippen LogP contribution in [0.4, 0.5) is 5.13 Å². The number of hydrogen-bond acceptors (Lipinski definition) is 6. The SMILES string of the molecule is Cc1cc(C(=O)N(CCCN(C)C)c2nc3c(Cl)cccc3s2)no1.Cl. The molecule has 2 heterocycles. The Labute approximate surface area is 167 Å². The minimum absolute atomic E-state index is 0. The maximum atomic E-state index is 12.9. The van der Waals surface area contributed by atoms with Gasteiger partial charge in [-0.1, -0.05) is 34.2 Å². The van der Waals surface area contributed by atoms with Crippen molar-refractivity contribution in [3.63, 3.8) is 0 Å². The van der Waals surface area contributed by atoms with Crippen molar-refractivity contribution in [2.24, 2.45) is 0 Å². The molecule has 1 aromatic carbocycles. The van der Waals surface area contributed by atoms with Crippen LogP contribution in [-0.2, 0) is 0 Å². The average molecular weight is 415 g/mol. The topological polar surface area (TPSA) is 62.5 Å². The molecular formula is C17H20Cl2N4O2S. The van der Waals surface area contributed by atoms with Crippen LogP contribution in [-0.4, -0.2) is 48.1 Å². The van der Waals surface area contributed by atoms with Crippen molar-refractivity contribution in [3.8, 4) is 0 Å². The molecule has 0 fully saturated rings. The molecule has 0 aliphatic heterocycles. The molecule has 2 aromatic heterocycles. The second kappa shape index (κ2) is 8.81. The summed E-state index contributed by atoms with van der Waals surface area (Å²) < 4.78 is 6.00. The molecule has 0 aliphatic carbocycles. The Morgan fingerprint density at radius 1 is 1.31 bits per heavy atom. The number of aryl methyl sites for hydroxylation is 1. The lowest BCUT2D eigenvalue weighted by Crippen LogP contribution is -2.33. The van der Waals surface area contributed by atoms with Gasteiger partial charge >= 0.3 is 0 Å². The first-order chi connectivity index (χ1) is 12.0. The second-order valence-electron chi connectivity index (χ2n) is 6.02. The van der Waals surface area contributed by atoms with Gasteiger partial charge in [0.15, 0.2) is 10.8 Å². The summed E-state index contributed by atoms with van der Waals surface area (Å²) in [6.07, 6.45) is 0.819. The van der Waals surface area contributed by atoms with Crippen molar-refractivity contribution >= 4 is 56.6 Å². The number of amides is 1. The third kappa shape index (κ3) is 4.54. The van der Waals surface area contributed by atoms with E-state index in [4.69, 9.17) is 16.1 Å². The average Bonchev–Trinajstić information content (AvgIpc) is 3.18. The van der Waals surface area contributed by atoms with Gasteiger partial charge in [0.05, 0.1) is 9.72 Å². The van der Waals surface area contributed by atoms with E-state index in [0.717, 1.165) is 17.7 Å². The number of rotatable bonds is 6. The zero-order valence-corrected chi connectivity index (χ0v) is 17.1.